The lowest BCUT2D eigenvalue weighted by Gasteiger charge is -2.05. The molecule has 0 aromatic heterocycles. The smallest absolute Gasteiger partial charge is 0.258 e. The van der Waals surface area contributed by atoms with E-state index in [1.165, 1.54) is 12.1 Å². The van der Waals surface area contributed by atoms with Crippen molar-refractivity contribution in [3.05, 3.63) is 73.7 Å². The van der Waals surface area contributed by atoms with Gasteiger partial charge in [0.1, 0.15) is 0 Å². The molecule has 0 atom stereocenters. The Morgan fingerprint density at radius 3 is 2.29 bits per heavy atom. The average molecular weight is 347 g/mol. The highest BCUT2D eigenvalue weighted by atomic mass is 79.9. The Morgan fingerprint density at radius 1 is 1.19 bits per heavy atom. The monoisotopic (exact) mass is 346 g/mol. The summed E-state index contributed by atoms with van der Waals surface area (Å²) < 4.78 is 0.714. The summed E-state index contributed by atoms with van der Waals surface area (Å²) in [7, 11) is 0. The standard InChI is InChI=1S/C14H9BrN2O2.C2H6/c15-14-8-13(17(18)19)6-5-12(14)7-10-1-3-11(9-16)4-2-10;1-2/h1-6,8H,7H2;1-2H3. The van der Waals surface area contributed by atoms with Crippen LogP contribution in [0.2, 0.25) is 0 Å². The van der Waals surface area contributed by atoms with E-state index in [4.69, 9.17) is 5.26 Å². The number of rotatable bonds is 3. The number of nitro benzene ring substituents is 1. The normalized spacial score (nSPS) is 9.24. The van der Waals surface area contributed by atoms with E-state index in [1.54, 1.807) is 18.2 Å². The highest BCUT2D eigenvalue weighted by Crippen LogP contribution is 2.25. The molecule has 0 saturated heterocycles. The van der Waals surface area contributed by atoms with E-state index < -0.39 is 4.92 Å². The largest absolute Gasteiger partial charge is 0.270 e. The first kappa shape index (κ1) is 16.9. The molecule has 0 heterocycles. The maximum atomic E-state index is 10.6. The SMILES string of the molecule is CC.N#Cc1ccc(Cc2ccc([N+](=O)[O-])cc2Br)cc1. The molecule has 0 N–H and O–H groups in total. The fourth-order valence-electron chi connectivity index (χ4n) is 1.71. The molecule has 2 aromatic carbocycles. The minimum Gasteiger partial charge on any atom is -0.258 e. The van der Waals surface area contributed by atoms with E-state index in [0.29, 0.717) is 16.5 Å². The second-order valence-electron chi connectivity index (χ2n) is 4.02. The quantitative estimate of drug-likeness (QED) is 0.589. The Labute approximate surface area is 132 Å². The first-order valence-corrected chi connectivity index (χ1v) is 7.31. The van der Waals surface area contributed by atoms with E-state index in [1.807, 2.05) is 26.0 Å². The molecule has 0 radical (unpaired) electrons. The molecule has 0 fully saturated rings. The summed E-state index contributed by atoms with van der Waals surface area (Å²) in [5.41, 5.74) is 2.70. The van der Waals surface area contributed by atoms with Gasteiger partial charge in [0.15, 0.2) is 0 Å². The zero-order valence-electron chi connectivity index (χ0n) is 11.8. The van der Waals surface area contributed by atoms with Gasteiger partial charge in [-0.1, -0.05) is 48.0 Å². The van der Waals surface area contributed by atoms with Crippen molar-refractivity contribution in [2.24, 2.45) is 0 Å². The van der Waals surface area contributed by atoms with Gasteiger partial charge in [0.05, 0.1) is 16.6 Å². The first-order valence-electron chi connectivity index (χ1n) is 6.52. The van der Waals surface area contributed by atoms with Gasteiger partial charge in [0.25, 0.3) is 5.69 Å². The van der Waals surface area contributed by atoms with Crippen LogP contribution in [-0.4, -0.2) is 4.92 Å². The van der Waals surface area contributed by atoms with Gasteiger partial charge >= 0.3 is 0 Å². The average Bonchev–Trinajstić information content (AvgIpc) is 2.52. The third-order valence-corrected chi connectivity index (χ3v) is 3.46. The first-order chi connectivity index (χ1) is 10.1. The van der Waals surface area contributed by atoms with Crippen molar-refractivity contribution in [2.45, 2.75) is 20.3 Å². The molecular weight excluding hydrogens is 332 g/mol. The minimum atomic E-state index is -0.420. The molecule has 5 heteroatoms. The van der Waals surface area contributed by atoms with Crippen LogP contribution in [0.3, 0.4) is 0 Å². The molecule has 0 spiro atoms. The Bertz CT molecular complexity index is 661. The summed E-state index contributed by atoms with van der Waals surface area (Å²) in [6.45, 7) is 4.00. The van der Waals surface area contributed by atoms with Crippen molar-refractivity contribution in [3.8, 4) is 6.07 Å². The van der Waals surface area contributed by atoms with Gasteiger partial charge in [-0.25, -0.2) is 0 Å². The van der Waals surface area contributed by atoms with Crippen LogP contribution in [0.5, 0.6) is 0 Å². The molecule has 0 saturated carbocycles. The van der Waals surface area contributed by atoms with E-state index in [2.05, 4.69) is 22.0 Å². The van der Waals surface area contributed by atoms with Gasteiger partial charge in [-0.15, -0.1) is 0 Å². The van der Waals surface area contributed by atoms with E-state index >= 15 is 0 Å². The Hall–Kier alpha value is -2.19. The van der Waals surface area contributed by atoms with Crippen molar-refractivity contribution < 1.29 is 4.92 Å². The Balaban J connectivity index is 0.00000106. The van der Waals surface area contributed by atoms with E-state index in [0.717, 1.165) is 11.1 Å². The number of benzene rings is 2. The van der Waals surface area contributed by atoms with E-state index in [-0.39, 0.29) is 5.69 Å². The minimum absolute atomic E-state index is 0.0652. The molecule has 21 heavy (non-hydrogen) atoms. The highest BCUT2D eigenvalue weighted by Gasteiger charge is 2.09. The second kappa shape index (κ2) is 8.18. The van der Waals surface area contributed by atoms with Crippen LogP contribution < -0.4 is 0 Å². The summed E-state index contributed by atoms with van der Waals surface area (Å²) >= 11 is 3.34. The fourth-order valence-corrected chi connectivity index (χ4v) is 2.22. The summed E-state index contributed by atoms with van der Waals surface area (Å²) in [6, 6.07) is 14.1. The van der Waals surface area contributed by atoms with Crippen LogP contribution >= 0.6 is 15.9 Å². The number of nitriles is 1. The van der Waals surface area contributed by atoms with E-state index in [9.17, 15) is 10.1 Å². The molecule has 2 aromatic rings. The molecule has 0 aliphatic heterocycles. The van der Waals surface area contributed by atoms with Gasteiger partial charge in [-0.05, 0) is 29.7 Å². The number of hydrogen-bond donors (Lipinski definition) is 0. The molecule has 0 aliphatic carbocycles. The van der Waals surface area contributed by atoms with Crippen LogP contribution in [0.4, 0.5) is 5.69 Å². The summed E-state index contributed by atoms with van der Waals surface area (Å²) in [6.07, 6.45) is 0.657. The predicted molar refractivity (Wildman–Crippen MR) is 86.1 cm³/mol. The summed E-state index contributed by atoms with van der Waals surface area (Å²) in [4.78, 5) is 10.2. The van der Waals surface area contributed by atoms with Crippen LogP contribution in [0, 0.1) is 21.4 Å². The van der Waals surface area contributed by atoms with Crippen LogP contribution in [0.1, 0.15) is 30.5 Å². The predicted octanol–water partition coefficient (Wildman–Crippen LogP) is 4.85. The maximum Gasteiger partial charge on any atom is 0.270 e. The molecule has 0 aliphatic rings. The lowest BCUT2D eigenvalue weighted by Crippen LogP contribution is -1.93. The summed E-state index contributed by atoms with van der Waals surface area (Å²) in [5.74, 6) is 0. The van der Waals surface area contributed by atoms with Crippen molar-refractivity contribution in [1.29, 1.82) is 5.26 Å². The third kappa shape index (κ3) is 4.69. The lowest BCUT2D eigenvalue weighted by molar-refractivity contribution is -0.384. The van der Waals surface area contributed by atoms with Crippen molar-refractivity contribution in [2.75, 3.05) is 0 Å². The third-order valence-electron chi connectivity index (χ3n) is 2.73. The second-order valence-corrected chi connectivity index (χ2v) is 4.87. The molecule has 0 bridgehead atoms. The number of nitro groups is 1. The zero-order chi connectivity index (χ0) is 15.8. The zero-order valence-corrected chi connectivity index (χ0v) is 13.4. The number of non-ortho nitro benzene ring substituents is 1. The number of hydrogen-bond acceptors (Lipinski definition) is 3. The van der Waals surface area contributed by atoms with Gasteiger partial charge in [-0.2, -0.15) is 5.26 Å². The molecule has 2 rings (SSSR count). The molecule has 4 nitrogen and oxygen atoms in total. The molecule has 0 unspecified atom stereocenters. The fraction of sp³-hybridized carbons (Fsp3) is 0.188. The topological polar surface area (TPSA) is 66.9 Å². The summed E-state index contributed by atoms with van der Waals surface area (Å²) in [5, 5.41) is 19.4. The van der Waals surface area contributed by atoms with Gasteiger partial charge in [0, 0.05) is 16.6 Å². The van der Waals surface area contributed by atoms with Gasteiger partial charge < -0.3 is 0 Å². The highest BCUT2D eigenvalue weighted by molar-refractivity contribution is 9.10. The maximum absolute atomic E-state index is 10.6. The molecule has 0 amide bonds. The van der Waals surface area contributed by atoms with Crippen LogP contribution in [-0.2, 0) is 6.42 Å². The van der Waals surface area contributed by atoms with Crippen molar-refractivity contribution >= 4 is 21.6 Å². The van der Waals surface area contributed by atoms with Crippen LogP contribution in [0.25, 0.3) is 0 Å². The lowest BCUT2D eigenvalue weighted by atomic mass is 10.0. The van der Waals surface area contributed by atoms with Gasteiger partial charge in [0.2, 0.25) is 0 Å². The Morgan fingerprint density at radius 2 is 1.81 bits per heavy atom. The molecular formula is C16H15BrN2O2. The van der Waals surface area contributed by atoms with Crippen molar-refractivity contribution in [3.63, 3.8) is 0 Å². The van der Waals surface area contributed by atoms with Crippen LogP contribution in [0.15, 0.2) is 46.9 Å². The Kier molecular flexibility index (Phi) is 6.57. The molecule has 108 valence electrons. The number of halogens is 1. The number of nitrogens with zero attached hydrogens (tertiary/aromatic N) is 2. The van der Waals surface area contributed by atoms with Gasteiger partial charge in [-0.3, -0.25) is 10.1 Å². The van der Waals surface area contributed by atoms with Crippen molar-refractivity contribution in [1.82, 2.24) is 0 Å².